The maximum Gasteiger partial charge on any atom is 0.573 e. The summed E-state index contributed by atoms with van der Waals surface area (Å²) in [6.07, 6.45) is -4.90. The van der Waals surface area contributed by atoms with Gasteiger partial charge in [-0.3, -0.25) is 0 Å². The van der Waals surface area contributed by atoms with Crippen LogP contribution < -0.4 is 4.74 Å². The number of hydrogen-bond acceptors (Lipinski definition) is 5. The summed E-state index contributed by atoms with van der Waals surface area (Å²) in [6.45, 7) is 0. The molecule has 1 aromatic carbocycles. The fourth-order valence-electron chi connectivity index (χ4n) is 1.18. The second kappa shape index (κ2) is 5.18. The molecule has 1 aromatic rings. The number of thiol groups is 1. The van der Waals surface area contributed by atoms with Crippen LogP contribution in [0.2, 0.25) is 0 Å². The van der Waals surface area contributed by atoms with E-state index in [1.54, 1.807) is 6.07 Å². The van der Waals surface area contributed by atoms with Crippen molar-refractivity contribution in [3.8, 4) is 11.8 Å². The molecule has 1 rings (SSSR count). The van der Waals surface area contributed by atoms with Crippen molar-refractivity contribution in [1.29, 1.82) is 5.26 Å². The van der Waals surface area contributed by atoms with E-state index in [0.717, 1.165) is 19.2 Å². The standard InChI is InChI=1S/C10H6F3NO3S/c1-16-9(15)6-2-5(17-10(11,12)13)3-8(18)7(6)4-14/h2-3,18H,1H3. The zero-order valence-corrected chi connectivity index (χ0v) is 9.80. The number of hydrogen-bond donors (Lipinski definition) is 1. The van der Waals surface area contributed by atoms with Crippen molar-refractivity contribution in [1.82, 2.24) is 0 Å². The van der Waals surface area contributed by atoms with Gasteiger partial charge in [-0.25, -0.2) is 4.79 Å². The summed E-state index contributed by atoms with van der Waals surface area (Å²) in [5, 5.41) is 8.80. The van der Waals surface area contributed by atoms with E-state index in [1.165, 1.54) is 0 Å². The van der Waals surface area contributed by atoms with E-state index in [2.05, 4.69) is 22.1 Å². The van der Waals surface area contributed by atoms with Gasteiger partial charge in [0.2, 0.25) is 0 Å². The van der Waals surface area contributed by atoms with E-state index in [-0.39, 0.29) is 16.0 Å². The Balaban J connectivity index is 3.32. The highest BCUT2D eigenvalue weighted by Gasteiger charge is 2.32. The smallest absolute Gasteiger partial charge is 0.465 e. The number of halogens is 3. The van der Waals surface area contributed by atoms with Crippen LogP contribution in [0.25, 0.3) is 0 Å². The molecule has 0 aliphatic carbocycles. The lowest BCUT2D eigenvalue weighted by Crippen LogP contribution is -2.18. The third kappa shape index (κ3) is 3.30. The van der Waals surface area contributed by atoms with Crippen molar-refractivity contribution in [3.63, 3.8) is 0 Å². The number of alkyl halides is 3. The quantitative estimate of drug-likeness (QED) is 0.666. The van der Waals surface area contributed by atoms with Gasteiger partial charge in [-0.1, -0.05) is 0 Å². The Morgan fingerprint density at radius 3 is 2.50 bits per heavy atom. The molecule has 0 amide bonds. The largest absolute Gasteiger partial charge is 0.573 e. The van der Waals surface area contributed by atoms with Gasteiger partial charge in [-0.15, -0.1) is 25.8 Å². The molecule has 4 nitrogen and oxygen atoms in total. The minimum absolute atomic E-state index is 0.111. The third-order valence-electron chi connectivity index (χ3n) is 1.84. The number of esters is 1. The molecule has 0 fully saturated rings. The number of carbonyl (C=O) groups excluding carboxylic acids is 1. The van der Waals surface area contributed by atoms with Crippen LogP contribution in [0.1, 0.15) is 15.9 Å². The van der Waals surface area contributed by atoms with Crippen LogP contribution in [0.4, 0.5) is 13.2 Å². The van der Waals surface area contributed by atoms with Gasteiger partial charge in [0.25, 0.3) is 0 Å². The molecule has 0 saturated heterocycles. The summed E-state index contributed by atoms with van der Waals surface area (Å²) in [6, 6.07) is 3.32. The zero-order chi connectivity index (χ0) is 13.9. The maximum atomic E-state index is 12.0. The average molecular weight is 277 g/mol. The summed E-state index contributed by atoms with van der Waals surface area (Å²) >= 11 is 3.82. The lowest BCUT2D eigenvalue weighted by atomic mass is 10.1. The molecule has 0 saturated carbocycles. The molecular weight excluding hydrogens is 271 g/mol. The first-order valence-electron chi connectivity index (χ1n) is 4.39. The van der Waals surface area contributed by atoms with Crippen LogP contribution in [0.3, 0.4) is 0 Å². The molecule has 0 spiro atoms. The molecule has 0 atom stereocenters. The van der Waals surface area contributed by atoms with Crippen LogP contribution in [-0.2, 0) is 4.74 Å². The molecule has 0 radical (unpaired) electrons. The van der Waals surface area contributed by atoms with Gasteiger partial charge in [-0.05, 0) is 12.1 Å². The van der Waals surface area contributed by atoms with Crippen LogP contribution in [0.5, 0.6) is 5.75 Å². The molecule has 18 heavy (non-hydrogen) atoms. The monoisotopic (exact) mass is 277 g/mol. The molecular formula is C10H6F3NO3S. The van der Waals surface area contributed by atoms with E-state index in [4.69, 9.17) is 5.26 Å². The normalized spacial score (nSPS) is 10.7. The number of carbonyl (C=O) groups is 1. The number of ether oxygens (including phenoxy) is 2. The van der Waals surface area contributed by atoms with Gasteiger partial charge >= 0.3 is 12.3 Å². The lowest BCUT2D eigenvalue weighted by Gasteiger charge is -2.11. The Morgan fingerprint density at radius 1 is 1.44 bits per heavy atom. The molecule has 0 aliphatic heterocycles. The Labute approximate surface area is 105 Å². The Kier molecular flexibility index (Phi) is 4.08. The van der Waals surface area contributed by atoms with E-state index >= 15 is 0 Å². The summed E-state index contributed by atoms with van der Waals surface area (Å²) in [5.74, 6) is -1.60. The molecule has 0 heterocycles. The minimum Gasteiger partial charge on any atom is -0.465 e. The van der Waals surface area contributed by atoms with E-state index < -0.39 is 18.1 Å². The topological polar surface area (TPSA) is 59.3 Å². The van der Waals surface area contributed by atoms with E-state index in [0.29, 0.717) is 0 Å². The lowest BCUT2D eigenvalue weighted by molar-refractivity contribution is -0.274. The van der Waals surface area contributed by atoms with Gasteiger partial charge in [0, 0.05) is 4.90 Å². The van der Waals surface area contributed by atoms with E-state index in [1.807, 2.05) is 0 Å². The molecule has 0 unspecified atom stereocenters. The fourth-order valence-corrected chi connectivity index (χ4v) is 1.48. The first kappa shape index (κ1) is 14.2. The fraction of sp³-hybridized carbons (Fsp3) is 0.200. The van der Waals surface area contributed by atoms with Crippen LogP contribution >= 0.6 is 12.6 Å². The number of methoxy groups -OCH3 is 1. The molecule has 0 bridgehead atoms. The van der Waals surface area contributed by atoms with Gasteiger partial charge in [0.05, 0.1) is 18.2 Å². The molecule has 0 aromatic heterocycles. The van der Waals surface area contributed by atoms with Crippen molar-refractivity contribution < 1.29 is 27.4 Å². The Bertz CT molecular complexity index is 522. The number of nitrogens with zero attached hydrogens (tertiary/aromatic N) is 1. The summed E-state index contributed by atoms with van der Waals surface area (Å²) in [5.41, 5.74) is -0.522. The van der Waals surface area contributed by atoms with Gasteiger partial charge < -0.3 is 9.47 Å². The first-order valence-corrected chi connectivity index (χ1v) is 4.84. The predicted octanol–water partition coefficient (Wildman–Crippen LogP) is 2.53. The van der Waals surface area contributed by atoms with Crippen LogP contribution in [0, 0.1) is 11.3 Å². The number of benzene rings is 1. The van der Waals surface area contributed by atoms with E-state index in [9.17, 15) is 18.0 Å². The molecule has 8 heteroatoms. The molecule has 0 aliphatic rings. The summed E-state index contributed by atoms with van der Waals surface area (Å²) in [7, 11) is 1.04. The van der Waals surface area contributed by atoms with Crippen molar-refractivity contribution in [3.05, 3.63) is 23.3 Å². The zero-order valence-electron chi connectivity index (χ0n) is 8.91. The van der Waals surface area contributed by atoms with Crippen molar-refractivity contribution in [2.75, 3.05) is 7.11 Å². The Morgan fingerprint density at radius 2 is 2.06 bits per heavy atom. The second-order valence-electron chi connectivity index (χ2n) is 3.02. The summed E-state index contributed by atoms with van der Waals surface area (Å²) in [4.78, 5) is 11.2. The van der Waals surface area contributed by atoms with Crippen LogP contribution in [-0.4, -0.2) is 19.4 Å². The van der Waals surface area contributed by atoms with Crippen molar-refractivity contribution >= 4 is 18.6 Å². The number of nitriles is 1. The second-order valence-corrected chi connectivity index (χ2v) is 3.50. The average Bonchev–Trinajstić information content (AvgIpc) is 2.25. The van der Waals surface area contributed by atoms with Gasteiger partial charge in [-0.2, -0.15) is 5.26 Å². The van der Waals surface area contributed by atoms with Crippen LogP contribution in [0.15, 0.2) is 17.0 Å². The number of rotatable bonds is 2. The molecule has 0 N–H and O–H groups in total. The van der Waals surface area contributed by atoms with Gasteiger partial charge in [0.1, 0.15) is 11.8 Å². The highest BCUT2D eigenvalue weighted by atomic mass is 32.1. The summed E-state index contributed by atoms with van der Waals surface area (Å²) < 4.78 is 44.1. The SMILES string of the molecule is COC(=O)c1cc(OC(F)(F)F)cc(S)c1C#N. The van der Waals surface area contributed by atoms with Crippen molar-refractivity contribution in [2.24, 2.45) is 0 Å². The highest BCUT2D eigenvalue weighted by Crippen LogP contribution is 2.29. The minimum atomic E-state index is -4.90. The predicted molar refractivity (Wildman–Crippen MR) is 56.4 cm³/mol. The molecule has 96 valence electrons. The highest BCUT2D eigenvalue weighted by molar-refractivity contribution is 7.80. The van der Waals surface area contributed by atoms with Gasteiger partial charge in [0.15, 0.2) is 0 Å². The third-order valence-corrected chi connectivity index (χ3v) is 2.19. The first-order chi connectivity index (χ1) is 8.28. The Hall–Kier alpha value is -1.88. The van der Waals surface area contributed by atoms with Crippen molar-refractivity contribution in [2.45, 2.75) is 11.3 Å². The maximum absolute atomic E-state index is 12.0.